The minimum absolute atomic E-state index is 0.337. The monoisotopic (exact) mass is 155 g/mol. The molecule has 62 valence electrons. The molecule has 3 nitrogen and oxygen atoms in total. The molecule has 0 aromatic rings. The summed E-state index contributed by atoms with van der Waals surface area (Å²) in [5.41, 5.74) is 5.65. The summed E-state index contributed by atoms with van der Waals surface area (Å²) >= 11 is 0. The zero-order valence-electron chi connectivity index (χ0n) is 6.40. The molecular weight excluding hydrogens is 142 g/mol. The number of hydrogen-bond donors (Lipinski definition) is 1. The van der Waals surface area contributed by atoms with E-state index in [9.17, 15) is 0 Å². The highest BCUT2D eigenvalue weighted by atomic mass is 16.6. The summed E-state index contributed by atoms with van der Waals surface area (Å²) in [4.78, 5) is 0. The molecule has 4 rings (SSSR count). The first-order valence-electron chi connectivity index (χ1n) is 4.41. The SMILES string of the molecule is NCC1C2OC3CCC2OC31. The van der Waals surface area contributed by atoms with Crippen molar-refractivity contribution in [3.8, 4) is 0 Å². The highest BCUT2D eigenvalue weighted by Crippen LogP contribution is 2.47. The van der Waals surface area contributed by atoms with Crippen LogP contribution in [0.3, 0.4) is 0 Å². The second-order valence-electron chi connectivity index (χ2n) is 3.76. The van der Waals surface area contributed by atoms with E-state index in [-0.39, 0.29) is 0 Å². The molecule has 4 aliphatic heterocycles. The number of hydrogen-bond acceptors (Lipinski definition) is 3. The van der Waals surface area contributed by atoms with E-state index in [0.29, 0.717) is 30.3 Å². The second-order valence-corrected chi connectivity index (χ2v) is 3.76. The quantitative estimate of drug-likeness (QED) is 0.574. The molecule has 4 unspecified atom stereocenters. The first-order chi connectivity index (χ1) is 5.40. The predicted octanol–water partition coefficient (Wildman–Crippen LogP) is -0.110. The van der Waals surface area contributed by atoms with Gasteiger partial charge in [-0.15, -0.1) is 0 Å². The van der Waals surface area contributed by atoms with E-state index in [1.165, 1.54) is 12.8 Å². The maximum Gasteiger partial charge on any atom is 0.0907 e. The zero-order chi connectivity index (χ0) is 7.42. The first kappa shape index (κ1) is 6.40. The topological polar surface area (TPSA) is 44.5 Å². The average molecular weight is 155 g/mol. The molecule has 0 amide bonds. The van der Waals surface area contributed by atoms with Gasteiger partial charge in [-0.1, -0.05) is 0 Å². The Labute approximate surface area is 65.8 Å². The van der Waals surface area contributed by atoms with Gasteiger partial charge in [-0.3, -0.25) is 0 Å². The van der Waals surface area contributed by atoms with Crippen molar-refractivity contribution in [2.75, 3.05) is 6.54 Å². The number of ether oxygens (including phenoxy) is 2. The van der Waals surface area contributed by atoms with Gasteiger partial charge in [-0.2, -0.15) is 0 Å². The van der Waals surface area contributed by atoms with Crippen LogP contribution in [0, 0.1) is 5.92 Å². The molecule has 2 N–H and O–H groups in total. The third kappa shape index (κ3) is 0.643. The van der Waals surface area contributed by atoms with E-state index in [1.54, 1.807) is 0 Å². The summed E-state index contributed by atoms with van der Waals surface area (Å²) < 4.78 is 11.5. The Morgan fingerprint density at radius 1 is 1.09 bits per heavy atom. The van der Waals surface area contributed by atoms with Crippen molar-refractivity contribution in [3.63, 3.8) is 0 Å². The van der Waals surface area contributed by atoms with Crippen molar-refractivity contribution in [3.05, 3.63) is 0 Å². The van der Waals surface area contributed by atoms with Gasteiger partial charge in [0.25, 0.3) is 0 Å². The van der Waals surface area contributed by atoms with Gasteiger partial charge in [0.15, 0.2) is 0 Å². The third-order valence-electron chi connectivity index (χ3n) is 3.25. The standard InChI is InChI=1S/C8H13NO2/c9-3-4-7-5-1-2-6(11-7)8(4)10-5/h4-8H,1-3,9H2. The fourth-order valence-electron chi connectivity index (χ4n) is 2.74. The smallest absolute Gasteiger partial charge is 0.0907 e. The van der Waals surface area contributed by atoms with Gasteiger partial charge in [0.05, 0.1) is 24.4 Å². The zero-order valence-corrected chi connectivity index (χ0v) is 6.40. The molecule has 0 saturated carbocycles. The average Bonchev–Trinajstić information content (AvgIpc) is 2.53. The molecule has 4 saturated heterocycles. The van der Waals surface area contributed by atoms with Crippen LogP contribution in [0.4, 0.5) is 0 Å². The van der Waals surface area contributed by atoms with Crippen LogP contribution >= 0.6 is 0 Å². The molecule has 4 aliphatic rings. The molecule has 0 spiro atoms. The van der Waals surface area contributed by atoms with Crippen LogP contribution in [-0.4, -0.2) is 31.0 Å². The van der Waals surface area contributed by atoms with Crippen LogP contribution in [0.5, 0.6) is 0 Å². The maximum atomic E-state index is 5.76. The molecule has 4 heterocycles. The van der Waals surface area contributed by atoms with Crippen molar-refractivity contribution < 1.29 is 9.47 Å². The Bertz CT molecular complexity index is 167. The second kappa shape index (κ2) is 1.97. The van der Waals surface area contributed by atoms with E-state index >= 15 is 0 Å². The van der Waals surface area contributed by atoms with E-state index < -0.39 is 0 Å². The Hall–Kier alpha value is -0.120. The van der Waals surface area contributed by atoms with Gasteiger partial charge >= 0.3 is 0 Å². The lowest BCUT2D eigenvalue weighted by atomic mass is 10.0. The normalized spacial score (nSPS) is 59.2. The fourth-order valence-corrected chi connectivity index (χ4v) is 2.74. The minimum Gasteiger partial charge on any atom is -0.369 e. The fraction of sp³-hybridized carbons (Fsp3) is 1.00. The largest absolute Gasteiger partial charge is 0.369 e. The van der Waals surface area contributed by atoms with Crippen molar-refractivity contribution in [2.45, 2.75) is 37.3 Å². The molecule has 4 fully saturated rings. The van der Waals surface area contributed by atoms with Crippen LogP contribution < -0.4 is 5.73 Å². The Morgan fingerprint density at radius 2 is 1.64 bits per heavy atom. The lowest BCUT2D eigenvalue weighted by Gasteiger charge is -2.35. The highest BCUT2D eigenvalue weighted by molar-refractivity contribution is 5.05. The molecule has 0 aromatic carbocycles. The molecule has 4 bridgehead atoms. The van der Waals surface area contributed by atoms with Crippen molar-refractivity contribution in [1.29, 1.82) is 0 Å². The van der Waals surface area contributed by atoms with E-state index in [4.69, 9.17) is 15.2 Å². The molecule has 11 heavy (non-hydrogen) atoms. The summed E-state index contributed by atoms with van der Waals surface area (Å²) in [5, 5.41) is 0. The summed E-state index contributed by atoms with van der Waals surface area (Å²) in [5.74, 6) is 0.493. The third-order valence-corrected chi connectivity index (χ3v) is 3.25. The lowest BCUT2D eigenvalue weighted by molar-refractivity contribution is -0.176. The Balaban J connectivity index is 1.93. The molecule has 3 heteroatoms. The van der Waals surface area contributed by atoms with Gasteiger partial charge in [0.2, 0.25) is 0 Å². The van der Waals surface area contributed by atoms with Crippen molar-refractivity contribution >= 4 is 0 Å². The van der Waals surface area contributed by atoms with Gasteiger partial charge < -0.3 is 15.2 Å². The summed E-state index contributed by atoms with van der Waals surface area (Å²) in [6, 6.07) is 0. The molecule has 0 radical (unpaired) electrons. The Kier molecular flexibility index (Phi) is 1.15. The van der Waals surface area contributed by atoms with Crippen LogP contribution in [0.25, 0.3) is 0 Å². The summed E-state index contributed by atoms with van der Waals surface area (Å²) in [7, 11) is 0. The van der Waals surface area contributed by atoms with Gasteiger partial charge in [-0.05, 0) is 12.8 Å². The molecule has 4 atom stereocenters. The minimum atomic E-state index is 0.337. The van der Waals surface area contributed by atoms with Crippen LogP contribution in [-0.2, 0) is 9.47 Å². The van der Waals surface area contributed by atoms with Gasteiger partial charge in [0.1, 0.15) is 0 Å². The van der Waals surface area contributed by atoms with Crippen molar-refractivity contribution in [1.82, 2.24) is 0 Å². The molecule has 0 aromatic heterocycles. The van der Waals surface area contributed by atoms with Crippen molar-refractivity contribution in [2.24, 2.45) is 11.7 Å². The number of nitrogens with two attached hydrogens (primary N) is 1. The van der Waals surface area contributed by atoms with Gasteiger partial charge in [0, 0.05) is 12.5 Å². The molecular formula is C8H13NO2. The van der Waals surface area contributed by atoms with Crippen LogP contribution in [0.15, 0.2) is 0 Å². The van der Waals surface area contributed by atoms with Crippen LogP contribution in [0.1, 0.15) is 12.8 Å². The van der Waals surface area contributed by atoms with E-state index in [2.05, 4.69) is 0 Å². The first-order valence-corrected chi connectivity index (χ1v) is 4.41. The number of rotatable bonds is 1. The van der Waals surface area contributed by atoms with E-state index in [1.807, 2.05) is 0 Å². The number of fused-ring (bicyclic) bond motifs is 1. The Morgan fingerprint density at radius 3 is 2.00 bits per heavy atom. The van der Waals surface area contributed by atoms with Gasteiger partial charge in [-0.25, -0.2) is 0 Å². The predicted molar refractivity (Wildman–Crippen MR) is 39.1 cm³/mol. The van der Waals surface area contributed by atoms with E-state index in [0.717, 1.165) is 6.54 Å². The summed E-state index contributed by atoms with van der Waals surface area (Å²) in [6.07, 6.45) is 3.79. The maximum absolute atomic E-state index is 5.76. The molecule has 0 aliphatic carbocycles. The summed E-state index contributed by atoms with van der Waals surface area (Å²) in [6.45, 7) is 0.725. The van der Waals surface area contributed by atoms with Crippen LogP contribution in [0.2, 0.25) is 0 Å². The highest BCUT2D eigenvalue weighted by Gasteiger charge is 2.58. The lowest BCUT2D eigenvalue weighted by Crippen LogP contribution is -2.41.